The van der Waals surface area contributed by atoms with Crippen LogP contribution >= 0.6 is 34.8 Å². The van der Waals surface area contributed by atoms with E-state index in [1.807, 2.05) is 0 Å². The lowest BCUT2D eigenvalue weighted by atomic mass is 10.1. The van der Waals surface area contributed by atoms with Crippen LogP contribution in [0.1, 0.15) is 18.1 Å². The van der Waals surface area contributed by atoms with Crippen molar-refractivity contribution in [3.05, 3.63) is 62.6 Å². The van der Waals surface area contributed by atoms with Gasteiger partial charge in [-0.05, 0) is 29.7 Å². The van der Waals surface area contributed by atoms with Gasteiger partial charge in [0.25, 0.3) is 0 Å². The van der Waals surface area contributed by atoms with Crippen molar-refractivity contribution in [1.82, 2.24) is 0 Å². The molecule has 2 rings (SSSR count). The normalized spacial score (nSPS) is 10.5. The van der Waals surface area contributed by atoms with Crippen LogP contribution in [0.2, 0.25) is 15.1 Å². The number of anilines is 1. The molecule has 0 atom stereocenters. The van der Waals surface area contributed by atoms with Gasteiger partial charge in [0.1, 0.15) is 0 Å². The van der Waals surface area contributed by atoms with Crippen LogP contribution in [0, 0.1) is 0 Å². The highest BCUT2D eigenvalue weighted by atomic mass is 35.5. The van der Waals surface area contributed by atoms with Crippen LogP contribution in [0.15, 0.2) is 36.4 Å². The molecule has 0 fully saturated rings. The predicted molar refractivity (Wildman–Crippen MR) is 84.6 cm³/mol. The molecule has 0 saturated heterocycles. The second-order valence-corrected chi connectivity index (χ2v) is 5.49. The van der Waals surface area contributed by atoms with Gasteiger partial charge in [0, 0.05) is 6.54 Å². The molecule has 0 aliphatic carbocycles. The zero-order chi connectivity index (χ0) is 13.8. The summed E-state index contributed by atoms with van der Waals surface area (Å²) in [4.78, 5) is 0. The average Bonchev–Trinajstić information content (AvgIpc) is 2.42. The maximum Gasteiger partial charge on any atom is 0.0653 e. The zero-order valence-corrected chi connectivity index (χ0v) is 12.8. The van der Waals surface area contributed by atoms with E-state index in [0.29, 0.717) is 21.6 Å². The molecule has 100 valence electrons. The van der Waals surface area contributed by atoms with Crippen LogP contribution in [0.3, 0.4) is 0 Å². The van der Waals surface area contributed by atoms with Crippen LogP contribution < -0.4 is 5.32 Å². The number of hydrogen-bond acceptors (Lipinski definition) is 1. The van der Waals surface area contributed by atoms with E-state index in [4.69, 9.17) is 34.8 Å². The number of halogens is 3. The van der Waals surface area contributed by atoms with Gasteiger partial charge in [-0.1, -0.05) is 66.0 Å². The third-order valence-electron chi connectivity index (χ3n) is 2.92. The third kappa shape index (κ3) is 3.79. The summed E-state index contributed by atoms with van der Waals surface area (Å²) in [6, 6.07) is 11.9. The fraction of sp³-hybridized carbons (Fsp3) is 0.200. The Labute approximate surface area is 128 Å². The summed E-state index contributed by atoms with van der Waals surface area (Å²) < 4.78 is 0. The summed E-state index contributed by atoms with van der Waals surface area (Å²) in [5.41, 5.74) is 3.31. The van der Waals surface area contributed by atoms with Crippen LogP contribution in [0.4, 0.5) is 5.69 Å². The molecule has 0 unspecified atom stereocenters. The first-order valence-corrected chi connectivity index (χ1v) is 7.19. The Morgan fingerprint density at radius 1 is 0.842 bits per heavy atom. The molecule has 1 N–H and O–H groups in total. The standard InChI is InChI=1S/C15H14Cl3N/c1-2-10-3-5-11(6-4-10)9-19-15-8-13(17)12(16)7-14(15)18/h3-8,19H,2,9H2,1H3. The first-order chi connectivity index (χ1) is 9.10. The summed E-state index contributed by atoms with van der Waals surface area (Å²) in [6.07, 6.45) is 1.05. The number of nitrogens with one attached hydrogen (secondary N) is 1. The van der Waals surface area contributed by atoms with Gasteiger partial charge < -0.3 is 5.32 Å². The molecule has 0 aliphatic rings. The minimum Gasteiger partial charge on any atom is -0.380 e. The quantitative estimate of drug-likeness (QED) is 0.701. The number of benzene rings is 2. The summed E-state index contributed by atoms with van der Waals surface area (Å²) in [7, 11) is 0. The van der Waals surface area contributed by atoms with Crippen molar-refractivity contribution in [2.24, 2.45) is 0 Å². The zero-order valence-electron chi connectivity index (χ0n) is 10.5. The van der Waals surface area contributed by atoms with E-state index in [9.17, 15) is 0 Å². The molecule has 19 heavy (non-hydrogen) atoms. The van der Waals surface area contributed by atoms with Crippen molar-refractivity contribution >= 4 is 40.5 Å². The molecule has 0 spiro atoms. The first kappa shape index (κ1) is 14.5. The molecular weight excluding hydrogens is 301 g/mol. The molecule has 0 amide bonds. The van der Waals surface area contributed by atoms with Gasteiger partial charge >= 0.3 is 0 Å². The highest BCUT2D eigenvalue weighted by Gasteiger charge is 2.05. The second kappa shape index (κ2) is 6.51. The average molecular weight is 315 g/mol. The largest absolute Gasteiger partial charge is 0.380 e. The predicted octanol–water partition coefficient (Wildman–Crippen LogP) is 5.82. The third-order valence-corrected chi connectivity index (χ3v) is 3.96. The van der Waals surface area contributed by atoms with Crippen molar-refractivity contribution in [3.63, 3.8) is 0 Å². The molecule has 2 aromatic rings. The topological polar surface area (TPSA) is 12.0 Å². The van der Waals surface area contributed by atoms with Crippen LogP contribution in [-0.4, -0.2) is 0 Å². The van der Waals surface area contributed by atoms with E-state index in [0.717, 1.165) is 12.1 Å². The maximum atomic E-state index is 6.11. The monoisotopic (exact) mass is 313 g/mol. The lowest BCUT2D eigenvalue weighted by molar-refractivity contribution is 1.11. The van der Waals surface area contributed by atoms with Gasteiger partial charge in [-0.25, -0.2) is 0 Å². The molecule has 1 nitrogen and oxygen atoms in total. The van der Waals surface area contributed by atoms with Crippen LogP contribution in [-0.2, 0) is 13.0 Å². The van der Waals surface area contributed by atoms with E-state index >= 15 is 0 Å². The fourth-order valence-electron chi connectivity index (χ4n) is 1.75. The van der Waals surface area contributed by atoms with E-state index < -0.39 is 0 Å². The van der Waals surface area contributed by atoms with E-state index in [2.05, 4.69) is 36.5 Å². The van der Waals surface area contributed by atoms with Gasteiger partial charge in [0.15, 0.2) is 0 Å². The molecule has 0 heterocycles. The van der Waals surface area contributed by atoms with Crippen molar-refractivity contribution < 1.29 is 0 Å². The molecule has 0 aromatic heterocycles. The molecule has 0 bridgehead atoms. The highest BCUT2D eigenvalue weighted by molar-refractivity contribution is 6.44. The van der Waals surface area contributed by atoms with Crippen LogP contribution in [0.5, 0.6) is 0 Å². The van der Waals surface area contributed by atoms with Crippen molar-refractivity contribution in [2.75, 3.05) is 5.32 Å². The number of hydrogen-bond donors (Lipinski definition) is 1. The molecule has 2 aromatic carbocycles. The van der Waals surface area contributed by atoms with Gasteiger partial charge in [0.05, 0.1) is 20.8 Å². The van der Waals surface area contributed by atoms with Crippen molar-refractivity contribution in [3.8, 4) is 0 Å². The maximum absolute atomic E-state index is 6.11. The fourth-order valence-corrected chi connectivity index (χ4v) is 2.36. The Morgan fingerprint density at radius 3 is 2.05 bits per heavy atom. The summed E-state index contributed by atoms with van der Waals surface area (Å²) in [5.74, 6) is 0. The summed E-state index contributed by atoms with van der Waals surface area (Å²) in [5, 5.41) is 4.79. The Bertz CT molecular complexity index is 564. The molecule has 0 saturated carbocycles. The summed E-state index contributed by atoms with van der Waals surface area (Å²) in [6.45, 7) is 2.84. The summed E-state index contributed by atoms with van der Waals surface area (Å²) >= 11 is 18.0. The lowest BCUT2D eigenvalue weighted by Gasteiger charge is -2.10. The minimum absolute atomic E-state index is 0.463. The van der Waals surface area contributed by atoms with Gasteiger partial charge in [-0.2, -0.15) is 0 Å². The Kier molecular flexibility index (Phi) is 4.98. The smallest absolute Gasteiger partial charge is 0.0653 e. The Balaban J connectivity index is 2.07. The van der Waals surface area contributed by atoms with Gasteiger partial charge in [0.2, 0.25) is 0 Å². The Morgan fingerprint density at radius 2 is 1.42 bits per heavy atom. The van der Waals surface area contributed by atoms with E-state index in [1.54, 1.807) is 12.1 Å². The Hall–Kier alpha value is -0.890. The minimum atomic E-state index is 0.463. The van der Waals surface area contributed by atoms with Crippen molar-refractivity contribution in [2.45, 2.75) is 19.9 Å². The van der Waals surface area contributed by atoms with Gasteiger partial charge in [-0.15, -0.1) is 0 Å². The second-order valence-electron chi connectivity index (χ2n) is 4.27. The van der Waals surface area contributed by atoms with E-state index in [1.165, 1.54) is 11.1 Å². The molecule has 0 radical (unpaired) electrons. The van der Waals surface area contributed by atoms with E-state index in [-0.39, 0.29) is 0 Å². The van der Waals surface area contributed by atoms with Crippen LogP contribution in [0.25, 0.3) is 0 Å². The SMILES string of the molecule is CCc1ccc(CNc2cc(Cl)c(Cl)cc2Cl)cc1. The highest BCUT2D eigenvalue weighted by Crippen LogP contribution is 2.32. The lowest BCUT2D eigenvalue weighted by Crippen LogP contribution is -2.00. The molecular formula is C15H14Cl3N. The number of rotatable bonds is 4. The van der Waals surface area contributed by atoms with Gasteiger partial charge in [-0.3, -0.25) is 0 Å². The van der Waals surface area contributed by atoms with Crippen molar-refractivity contribution in [1.29, 1.82) is 0 Å². The number of aryl methyl sites for hydroxylation is 1. The first-order valence-electron chi connectivity index (χ1n) is 6.06. The molecule has 4 heteroatoms. The molecule has 0 aliphatic heterocycles.